The molecule has 2 aromatic carbocycles. The van der Waals surface area contributed by atoms with Crippen molar-refractivity contribution in [1.29, 1.82) is 0 Å². The molecule has 0 amide bonds. The van der Waals surface area contributed by atoms with E-state index in [0.29, 0.717) is 5.56 Å². The molecule has 24 heavy (non-hydrogen) atoms. The van der Waals surface area contributed by atoms with Gasteiger partial charge < -0.3 is 9.84 Å². The van der Waals surface area contributed by atoms with E-state index in [-0.39, 0.29) is 11.3 Å². The first kappa shape index (κ1) is 15.3. The van der Waals surface area contributed by atoms with Crippen LogP contribution in [0.2, 0.25) is 0 Å². The van der Waals surface area contributed by atoms with E-state index < -0.39 is 0 Å². The van der Waals surface area contributed by atoms with Gasteiger partial charge in [0.1, 0.15) is 0 Å². The van der Waals surface area contributed by atoms with Gasteiger partial charge in [0.2, 0.25) is 0 Å². The first-order valence-corrected chi connectivity index (χ1v) is 8.56. The molecule has 1 aliphatic heterocycles. The number of thiocarbonyl (C=S) groups is 1. The van der Waals surface area contributed by atoms with Crippen molar-refractivity contribution in [3.63, 3.8) is 0 Å². The van der Waals surface area contributed by atoms with Crippen LogP contribution >= 0.6 is 12.2 Å². The quantitative estimate of drug-likeness (QED) is 0.707. The largest absolute Gasteiger partial charge is 0.499 e. The van der Waals surface area contributed by atoms with Crippen molar-refractivity contribution in [3.05, 3.63) is 54.2 Å². The third kappa shape index (κ3) is 2.70. The van der Waals surface area contributed by atoms with Crippen molar-refractivity contribution in [2.75, 3.05) is 6.61 Å². The van der Waals surface area contributed by atoms with Crippen LogP contribution in [0.15, 0.2) is 48.7 Å². The molecule has 1 N–H and O–H groups in total. The molecular formula is C19H18N2O2S. The SMILES string of the molecule is OC(=S)c1ccccc1-c1ccc2cnn(C3CCCCO3)c2c1. The summed E-state index contributed by atoms with van der Waals surface area (Å²) in [4.78, 5) is 0. The number of aromatic nitrogens is 2. The summed E-state index contributed by atoms with van der Waals surface area (Å²) in [5.41, 5.74) is 3.64. The van der Waals surface area contributed by atoms with Crippen molar-refractivity contribution in [1.82, 2.24) is 9.78 Å². The highest BCUT2D eigenvalue weighted by molar-refractivity contribution is 7.80. The highest BCUT2D eigenvalue weighted by Gasteiger charge is 2.19. The Bertz CT molecular complexity index is 897. The summed E-state index contributed by atoms with van der Waals surface area (Å²) in [6.07, 6.45) is 5.13. The number of hydrogen-bond donors (Lipinski definition) is 1. The molecule has 4 rings (SSSR count). The smallest absolute Gasteiger partial charge is 0.189 e. The van der Waals surface area contributed by atoms with Gasteiger partial charge in [0, 0.05) is 17.6 Å². The van der Waals surface area contributed by atoms with Crippen LogP contribution in [0.4, 0.5) is 0 Å². The lowest BCUT2D eigenvalue weighted by molar-refractivity contribution is -0.0366. The number of fused-ring (bicyclic) bond motifs is 1. The van der Waals surface area contributed by atoms with E-state index in [2.05, 4.69) is 11.2 Å². The van der Waals surface area contributed by atoms with Crippen LogP contribution in [0.5, 0.6) is 0 Å². The fourth-order valence-electron chi connectivity index (χ4n) is 3.27. The molecule has 2 heterocycles. The van der Waals surface area contributed by atoms with Crippen molar-refractivity contribution < 1.29 is 9.84 Å². The van der Waals surface area contributed by atoms with Crippen molar-refractivity contribution in [2.24, 2.45) is 0 Å². The molecule has 0 aliphatic carbocycles. The van der Waals surface area contributed by atoms with Crippen LogP contribution < -0.4 is 0 Å². The van der Waals surface area contributed by atoms with Crippen LogP contribution in [0.25, 0.3) is 22.0 Å². The molecule has 0 bridgehead atoms. The summed E-state index contributed by atoms with van der Waals surface area (Å²) in [7, 11) is 0. The van der Waals surface area contributed by atoms with E-state index in [1.807, 2.05) is 47.3 Å². The first-order valence-electron chi connectivity index (χ1n) is 8.15. The maximum Gasteiger partial charge on any atom is 0.189 e. The lowest BCUT2D eigenvalue weighted by atomic mass is 9.99. The van der Waals surface area contributed by atoms with E-state index in [4.69, 9.17) is 17.0 Å². The summed E-state index contributed by atoms with van der Waals surface area (Å²) >= 11 is 4.97. The molecule has 0 saturated carbocycles. The van der Waals surface area contributed by atoms with Gasteiger partial charge in [-0.05, 0) is 54.7 Å². The second-order valence-electron chi connectivity index (χ2n) is 6.03. The van der Waals surface area contributed by atoms with Crippen LogP contribution in [-0.4, -0.2) is 26.5 Å². The fourth-order valence-corrected chi connectivity index (χ4v) is 3.45. The third-order valence-corrected chi connectivity index (χ3v) is 4.72. The highest BCUT2D eigenvalue weighted by Crippen LogP contribution is 2.30. The lowest BCUT2D eigenvalue weighted by Crippen LogP contribution is -2.18. The Labute approximate surface area is 145 Å². The second-order valence-corrected chi connectivity index (χ2v) is 6.42. The molecule has 0 spiro atoms. The topological polar surface area (TPSA) is 47.3 Å². The minimum atomic E-state index is -0.0881. The van der Waals surface area contributed by atoms with Crippen LogP contribution in [-0.2, 0) is 4.74 Å². The highest BCUT2D eigenvalue weighted by atomic mass is 32.1. The zero-order chi connectivity index (χ0) is 16.5. The molecule has 5 heteroatoms. The Balaban J connectivity index is 1.82. The molecule has 1 aliphatic rings. The number of aliphatic hydroxyl groups is 1. The molecule has 3 aromatic rings. The molecule has 0 radical (unpaired) electrons. The zero-order valence-electron chi connectivity index (χ0n) is 13.2. The molecule has 122 valence electrons. The Morgan fingerprint density at radius 3 is 2.88 bits per heavy atom. The van der Waals surface area contributed by atoms with E-state index >= 15 is 0 Å². The van der Waals surface area contributed by atoms with Gasteiger partial charge in [-0.25, -0.2) is 4.68 Å². The summed E-state index contributed by atoms with van der Waals surface area (Å²) in [6.45, 7) is 0.785. The van der Waals surface area contributed by atoms with E-state index in [1.165, 1.54) is 0 Å². The molecule has 1 saturated heterocycles. The number of ether oxygens (including phenoxy) is 1. The van der Waals surface area contributed by atoms with Gasteiger partial charge in [-0.1, -0.05) is 30.3 Å². The van der Waals surface area contributed by atoms with Crippen LogP contribution in [0, 0.1) is 0 Å². The van der Waals surface area contributed by atoms with Crippen molar-refractivity contribution in [2.45, 2.75) is 25.5 Å². The van der Waals surface area contributed by atoms with Gasteiger partial charge in [0.15, 0.2) is 11.3 Å². The van der Waals surface area contributed by atoms with Gasteiger partial charge in [-0.15, -0.1) is 0 Å². The average molecular weight is 338 g/mol. The Kier molecular flexibility index (Phi) is 4.04. The minimum absolute atomic E-state index is 0.000613. The number of aliphatic hydroxyl groups excluding tert-OH is 1. The molecule has 1 fully saturated rings. The molecule has 1 atom stereocenters. The normalized spacial score (nSPS) is 17.9. The summed E-state index contributed by atoms with van der Waals surface area (Å²) in [5, 5.41) is 15.3. The number of rotatable bonds is 3. The van der Waals surface area contributed by atoms with E-state index in [9.17, 15) is 5.11 Å². The molecule has 1 aromatic heterocycles. The van der Waals surface area contributed by atoms with Gasteiger partial charge in [0.25, 0.3) is 0 Å². The van der Waals surface area contributed by atoms with Gasteiger partial charge in [-0.2, -0.15) is 5.10 Å². The maximum absolute atomic E-state index is 9.79. The minimum Gasteiger partial charge on any atom is -0.499 e. The predicted molar refractivity (Wildman–Crippen MR) is 98.3 cm³/mol. The fraction of sp³-hybridized carbons (Fsp3) is 0.263. The van der Waals surface area contributed by atoms with Crippen molar-refractivity contribution in [3.8, 4) is 11.1 Å². The van der Waals surface area contributed by atoms with Gasteiger partial charge >= 0.3 is 0 Å². The number of nitrogens with zero attached hydrogens (tertiary/aromatic N) is 2. The van der Waals surface area contributed by atoms with Crippen molar-refractivity contribution >= 4 is 28.2 Å². The average Bonchev–Trinajstić information content (AvgIpc) is 3.05. The summed E-state index contributed by atoms with van der Waals surface area (Å²) < 4.78 is 7.85. The summed E-state index contributed by atoms with van der Waals surface area (Å²) in [6, 6.07) is 13.8. The van der Waals surface area contributed by atoms with E-state index in [0.717, 1.165) is 47.9 Å². The van der Waals surface area contributed by atoms with E-state index in [1.54, 1.807) is 0 Å². The lowest BCUT2D eigenvalue weighted by Gasteiger charge is -2.23. The Morgan fingerprint density at radius 2 is 2.08 bits per heavy atom. The Morgan fingerprint density at radius 1 is 1.21 bits per heavy atom. The molecular weight excluding hydrogens is 320 g/mol. The van der Waals surface area contributed by atoms with Crippen LogP contribution in [0.3, 0.4) is 0 Å². The number of benzene rings is 2. The van der Waals surface area contributed by atoms with Gasteiger partial charge in [-0.3, -0.25) is 0 Å². The maximum atomic E-state index is 9.79. The Hall–Kier alpha value is -2.24. The number of hydrogen-bond acceptors (Lipinski definition) is 3. The van der Waals surface area contributed by atoms with Gasteiger partial charge in [0.05, 0.1) is 11.7 Å². The zero-order valence-corrected chi connectivity index (χ0v) is 14.0. The molecule has 1 unspecified atom stereocenters. The molecule has 4 nitrogen and oxygen atoms in total. The standard InChI is InChI=1S/C19H18N2O2S/c22-19(24)16-6-2-1-5-15(16)13-8-9-14-12-20-21(17(14)11-13)18-7-3-4-10-23-18/h1-2,5-6,8-9,11-12,18H,3-4,7,10H2,(H,22,24). The van der Waals surface area contributed by atoms with Crippen LogP contribution in [0.1, 0.15) is 31.1 Å². The first-order chi connectivity index (χ1) is 11.7. The second kappa shape index (κ2) is 6.34. The predicted octanol–water partition coefficient (Wildman–Crippen LogP) is 4.64. The third-order valence-electron chi connectivity index (χ3n) is 4.50. The monoisotopic (exact) mass is 338 g/mol. The summed E-state index contributed by atoms with van der Waals surface area (Å²) in [5.74, 6) is 0.